The summed E-state index contributed by atoms with van der Waals surface area (Å²) in [6.45, 7) is 3.43. The van der Waals surface area contributed by atoms with E-state index in [4.69, 9.17) is 9.47 Å². The quantitative estimate of drug-likeness (QED) is 0.426. The van der Waals surface area contributed by atoms with Crippen LogP contribution in [0.2, 0.25) is 0 Å². The van der Waals surface area contributed by atoms with Crippen molar-refractivity contribution in [3.8, 4) is 11.5 Å². The van der Waals surface area contributed by atoms with Crippen molar-refractivity contribution in [2.75, 3.05) is 51.0 Å². The fraction of sp³-hybridized carbons (Fsp3) is 0.321. The van der Waals surface area contributed by atoms with Crippen LogP contribution in [-0.4, -0.2) is 70.8 Å². The van der Waals surface area contributed by atoms with E-state index in [0.717, 1.165) is 31.5 Å². The molecule has 1 fully saturated rings. The lowest BCUT2D eigenvalue weighted by Gasteiger charge is -2.35. The van der Waals surface area contributed by atoms with Crippen molar-refractivity contribution >= 4 is 21.6 Å². The molecule has 0 aliphatic carbocycles. The Balaban J connectivity index is 1.64. The molecule has 9 heteroatoms. The van der Waals surface area contributed by atoms with Crippen molar-refractivity contribution < 1.29 is 22.7 Å². The fourth-order valence-electron chi connectivity index (χ4n) is 4.50. The summed E-state index contributed by atoms with van der Waals surface area (Å²) in [7, 11) is -0.757. The molecule has 3 aromatic rings. The summed E-state index contributed by atoms with van der Waals surface area (Å²) in [4.78, 5) is 17.9. The normalized spacial score (nSPS) is 14.3. The van der Waals surface area contributed by atoms with Gasteiger partial charge in [-0.25, -0.2) is 8.42 Å². The van der Waals surface area contributed by atoms with Gasteiger partial charge in [0, 0.05) is 38.8 Å². The highest BCUT2D eigenvalue weighted by molar-refractivity contribution is 7.92. The zero-order valence-corrected chi connectivity index (χ0v) is 22.3. The van der Waals surface area contributed by atoms with E-state index in [2.05, 4.69) is 17.0 Å². The van der Waals surface area contributed by atoms with Crippen LogP contribution in [-0.2, 0) is 23.1 Å². The summed E-state index contributed by atoms with van der Waals surface area (Å²) in [5, 5.41) is 0. The number of hydrogen-bond acceptors (Lipinski definition) is 6. The van der Waals surface area contributed by atoms with Gasteiger partial charge in [-0.15, -0.1) is 0 Å². The smallest absolute Gasteiger partial charge is 0.256 e. The summed E-state index contributed by atoms with van der Waals surface area (Å²) in [6.07, 6.45) is 1.14. The maximum absolute atomic E-state index is 13.8. The molecular weight excluding hydrogens is 490 g/mol. The van der Waals surface area contributed by atoms with Crippen molar-refractivity contribution in [1.29, 1.82) is 0 Å². The minimum Gasteiger partial charge on any atom is -0.493 e. The van der Waals surface area contributed by atoms with Crippen LogP contribution in [0.5, 0.6) is 11.5 Å². The summed E-state index contributed by atoms with van der Waals surface area (Å²) in [5.41, 5.74) is 2.56. The van der Waals surface area contributed by atoms with E-state index in [9.17, 15) is 13.2 Å². The van der Waals surface area contributed by atoms with Gasteiger partial charge in [0.25, 0.3) is 5.91 Å². The molecule has 0 bridgehead atoms. The van der Waals surface area contributed by atoms with Gasteiger partial charge in [0.1, 0.15) is 0 Å². The number of nitrogens with zero attached hydrogens (tertiary/aromatic N) is 3. The number of carbonyl (C=O) groups is 1. The zero-order valence-electron chi connectivity index (χ0n) is 21.5. The molecule has 4 rings (SSSR count). The van der Waals surface area contributed by atoms with Gasteiger partial charge in [-0.05, 0) is 17.2 Å². The van der Waals surface area contributed by atoms with Crippen LogP contribution in [0.15, 0.2) is 72.8 Å². The number of methoxy groups -OCH3 is 2. The predicted octanol–water partition coefficient (Wildman–Crippen LogP) is 3.63. The van der Waals surface area contributed by atoms with Gasteiger partial charge in [-0.1, -0.05) is 60.7 Å². The number of rotatable bonds is 9. The van der Waals surface area contributed by atoms with Crippen molar-refractivity contribution in [2.24, 2.45) is 0 Å². The summed E-state index contributed by atoms with van der Waals surface area (Å²) in [5.74, 6) is 0.478. The number of carbonyl (C=O) groups excluding carboxylic acids is 1. The van der Waals surface area contributed by atoms with Gasteiger partial charge in [-0.2, -0.15) is 0 Å². The predicted molar refractivity (Wildman–Crippen MR) is 145 cm³/mol. The lowest BCUT2D eigenvalue weighted by molar-refractivity contribution is 0.0629. The monoisotopic (exact) mass is 523 g/mol. The molecule has 8 nitrogen and oxygen atoms in total. The Morgan fingerprint density at radius 1 is 0.838 bits per heavy atom. The molecule has 0 radical (unpaired) electrons. The molecule has 0 saturated carbocycles. The second kappa shape index (κ2) is 11.7. The number of anilines is 1. The highest BCUT2D eigenvalue weighted by Gasteiger charge is 2.30. The first-order chi connectivity index (χ1) is 17.8. The maximum atomic E-state index is 13.8. The minimum absolute atomic E-state index is 0.0836. The Morgan fingerprint density at radius 2 is 1.38 bits per heavy atom. The fourth-order valence-corrected chi connectivity index (χ4v) is 5.39. The SMILES string of the molecule is COc1cc(C(=O)N2CCN(Cc3ccccc3)CC2)c(N(Cc2ccccc2)S(C)(=O)=O)cc1OC. The van der Waals surface area contributed by atoms with E-state index in [1.165, 1.54) is 24.1 Å². The maximum Gasteiger partial charge on any atom is 0.256 e. The Kier molecular flexibility index (Phi) is 8.35. The van der Waals surface area contributed by atoms with E-state index >= 15 is 0 Å². The van der Waals surface area contributed by atoms with E-state index in [-0.39, 0.29) is 23.7 Å². The number of sulfonamides is 1. The van der Waals surface area contributed by atoms with Gasteiger partial charge in [0.05, 0.1) is 38.3 Å². The van der Waals surface area contributed by atoms with E-state index in [0.29, 0.717) is 24.6 Å². The van der Waals surface area contributed by atoms with Gasteiger partial charge < -0.3 is 14.4 Å². The number of ether oxygens (including phenoxy) is 2. The third kappa shape index (κ3) is 6.42. The van der Waals surface area contributed by atoms with Crippen LogP contribution in [0, 0.1) is 0 Å². The molecule has 0 N–H and O–H groups in total. The Labute approximate surface area is 219 Å². The van der Waals surface area contributed by atoms with Gasteiger partial charge in [-0.3, -0.25) is 14.0 Å². The molecule has 1 aliphatic rings. The third-order valence-corrected chi connectivity index (χ3v) is 7.61. The molecule has 1 saturated heterocycles. The Bertz CT molecular complexity index is 1310. The van der Waals surface area contributed by atoms with Crippen LogP contribution in [0.25, 0.3) is 0 Å². The topological polar surface area (TPSA) is 79.4 Å². The highest BCUT2D eigenvalue weighted by Crippen LogP contribution is 2.37. The summed E-state index contributed by atoms with van der Waals surface area (Å²) >= 11 is 0. The van der Waals surface area contributed by atoms with Crippen molar-refractivity contribution in [1.82, 2.24) is 9.80 Å². The van der Waals surface area contributed by atoms with Crippen molar-refractivity contribution in [3.63, 3.8) is 0 Å². The molecular formula is C28H33N3O5S. The Morgan fingerprint density at radius 3 is 1.92 bits per heavy atom. The van der Waals surface area contributed by atoms with Gasteiger partial charge in [0.2, 0.25) is 10.0 Å². The first-order valence-corrected chi connectivity index (χ1v) is 14.0. The van der Waals surface area contributed by atoms with E-state index in [1.54, 1.807) is 17.0 Å². The Hall–Kier alpha value is -3.56. The van der Waals surface area contributed by atoms with Crippen LogP contribution in [0.3, 0.4) is 0 Å². The van der Waals surface area contributed by atoms with Gasteiger partial charge >= 0.3 is 0 Å². The largest absolute Gasteiger partial charge is 0.493 e. The second-order valence-corrected chi connectivity index (χ2v) is 10.9. The highest BCUT2D eigenvalue weighted by atomic mass is 32.2. The van der Waals surface area contributed by atoms with Gasteiger partial charge in [0.15, 0.2) is 11.5 Å². The average molecular weight is 524 g/mol. The first-order valence-electron chi connectivity index (χ1n) is 12.1. The number of piperazine rings is 1. The molecule has 1 heterocycles. The lowest BCUT2D eigenvalue weighted by Crippen LogP contribution is -2.48. The molecule has 1 amide bonds. The number of benzene rings is 3. The molecule has 1 aliphatic heterocycles. The standard InChI is InChI=1S/C28H33N3O5S/c1-35-26-18-24(28(32)30-16-14-29(15-17-30)20-22-10-6-4-7-11-22)25(19-27(26)36-2)31(37(3,33)34)21-23-12-8-5-9-13-23/h4-13,18-19H,14-17,20-21H2,1-3H3. The number of hydrogen-bond donors (Lipinski definition) is 0. The average Bonchev–Trinajstić information content (AvgIpc) is 2.91. The summed E-state index contributed by atoms with van der Waals surface area (Å²) in [6, 6.07) is 22.7. The van der Waals surface area contributed by atoms with Crippen molar-refractivity contribution in [3.05, 3.63) is 89.5 Å². The molecule has 37 heavy (non-hydrogen) atoms. The molecule has 0 atom stereocenters. The van der Waals surface area contributed by atoms with Crippen LogP contribution >= 0.6 is 0 Å². The molecule has 0 spiro atoms. The van der Waals surface area contributed by atoms with Crippen LogP contribution < -0.4 is 13.8 Å². The third-order valence-electron chi connectivity index (χ3n) is 6.48. The zero-order chi connectivity index (χ0) is 26.4. The summed E-state index contributed by atoms with van der Waals surface area (Å²) < 4.78 is 38.1. The molecule has 0 aromatic heterocycles. The minimum atomic E-state index is -3.73. The van der Waals surface area contributed by atoms with Crippen LogP contribution in [0.4, 0.5) is 5.69 Å². The lowest BCUT2D eigenvalue weighted by atomic mass is 10.1. The molecule has 3 aromatic carbocycles. The van der Waals surface area contributed by atoms with E-state index < -0.39 is 10.0 Å². The molecule has 0 unspecified atom stereocenters. The molecule has 196 valence electrons. The first kappa shape index (κ1) is 26.5. The van der Waals surface area contributed by atoms with Crippen molar-refractivity contribution in [2.45, 2.75) is 13.1 Å². The van der Waals surface area contributed by atoms with Crippen LogP contribution in [0.1, 0.15) is 21.5 Å². The number of amides is 1. The van der Waals surface area contributed by atoms with E-state index in [1.807, 2.05) is 48.5 Å². The second-order valence-electron chi connectivity index (χ2n) is 9.03.